The molecule has 0 aliphatic carbocycles. The molecule has 0 saturated heterocycles. The van der Waals surface area contributed by atoms with Crippen molar-refractivity contribution in [3.05, 3.63) is 72.3 Å². The largest absolute Gasteiger partial charge is 0.495 e. The molecule has 0 aliphatic heterocycles. The van der Waals surface area contributed by atoms with Gasteiger partial charge in [-0.25, -0.2) is 5.43 Å². The fourth-order valence-corrected chi connectivity index (χ4v) is 2.91. The Hall–Kier alpha value is -3.34. The molecule has 0 aliphatic rings. The predicted octanol–water partition coefficient (Wildman–Crippen LogP) is 4.19. The molecule has 1 atom stereocenters. The van der Waals surface area contributed by atoms with Crippen molar-refractivity contribution in [2.75, 3.05) is 12.4 Å². The van der Waals surface area contributed by atoms with Gasteiger partial charge in [-0.2, -0.15) is 5.10 Å². The number of anilines is 1. The summed E-state index contributed by atoms with van der Waals surface area (Å²) in [5.74, 6) is 0.503. The normalized spacial score (nSPS) is 12.1. The van der Waals surface area contributed by atoms with Crippen LogP contribution in [0, 0.1) is 0 Å². The van der Waals surface area contributed by atoms with Crippen LogP contribution in [-0.4, -0.2) is 25.3 Å². The Morgan fingerprint density at radius 2 is 1.81 bits per heavy atom. The number of hydrazone groups is 1. The number of para-hydroxylation sites is 2. The Kier molecular flexibility index (Phi) is 6.05. The molecule has 0 spiro atoms. The van der Waals surface area contributed by atoms with Crippen LogP contribution in [-0.2, 0) is 4.79 Å². The van der Waals surface area contributed by atoms with Crippen molar-refractivity contribution < 1.29 is 9.53 Å². The molecule has 1 amide bonds. The molecule has 0 aromatic heterocycles. The molecule has 3 aromatic carbocycles. The van der Waals surface area contributed by atoms with Gasteiger partial charge in [0, 0.05) is 5.56 Å². The van der Waals surface area contributed by atoms with Gasteiger partial charge in [-0.05, 0) is 29.3 Å². The SMILES string of the molecule is CCC(Nc1ccccc1OC)C(=O)N/N=C/c1cccc2ccccc12. The van der Waals surface area contributed by atoms with Gasteiger partial charge in [-0.1, -0.05) is 61.5 Å². The first-order valence-electron chi connectivity index (χ1n) is 8.93. The minimum atomic E-state index is -0.411. The molecule has 0 heterocycles. The van der Waals surface area contributed by atoms with Crippen molar-refractivity contribution in [1.29, 1.82) is 0 Å². The number of carbonyl (C=O) groups excluding carboxylic acids is 1. The van der Waals surface area contributed by atoms with Crippen LogP contribution in [0.25, 0.3) is 10.8 Å². The summed E-state index contributed by atoms with van der Waals surface area (Å²) in [6, 6.07) is 21.2. The Bertz CT molecular complexity index is 948. The summed E-state index contributed by atoms with van der Waals surface area (Å²) in [5, 5.41) is 9.60. The average molecular weight is 361 g/mol. The molecule has 5 nitrogen and oxygen atoms in total. The van der Waals surface area contributed by atoms with Crippen LogP contribution in [0.4, 0.5) is 5.69 Å². The maximum Gasteiger partial charge on any atom is 0.262 e. The molecule has 138 valence electrons. The second kappa shape index (κ2) is 8.85. The number of benzene rings is 3. The number of methoxy groups -OCH3 is 1. The van der Waals surface area contributed by atoms with E-state index in [1.165, 1.54) is 0 Å². The minimum absolute atomic E-state index is 0.195. The van der Waals surface area contributed by atoms with Crippen LogP contribution in [0.1, 0.15) is 18.9 Å². The molecule has 1 unspecified atom stereocenters. The number of amides is 1. The first-order chi connectivity index (χ1) is 13.2. The zero-order valence-electron chi connectivity index (χ0n) is 15.5. The zero-order valence-corrected chi connectivity index (χ0v) is 15.5. The molecule has 3 rings (SSSR count). The highest BCUT2D eigenvalue weighted by Crippen LogP contribution is 2.24. The number of hydrogen-bond donors (Lipinski definition) is 2. The summed E-state index contributed by atoms with van der Waals surface area (Å²) in [7, 11) is 1.61. The van der Waals surface area contributed by atoms with E-state index in [9.17, 15) is 4.79 Å². The monoisotopic (exact) mass is 361 g/mol. The average Bonchev–Trinajstić information content (AvgIpc) is 2.72. The fraction of sp³-hybridized carbons (Fsp3) is 0.182. The third-order valence-corrected chi connectivity index (χ3v) is 4.36. The number of fused-ring (bicyclic) bond motifs is 1. The zero-order chi connectivity index (χ0) is 19.1. The van der Waals surface area contributed by atoms with E-state index in [1.807, 2.05) is 61.5 Å². The first-order valence-corrected chi connectivity index (χ1v) is 8.93. The van der Waals surface area contributed by atoms with Crippen molar-refractivity contribution in [2.24, 2.45) is 5.10 Å². The van der Waals surface area contributed by atoms with E-state index in [-0.39, 0.29) is 5.91 Å². The Labute approximate surface area is 159 Å². The van der Waals surface area contributed by atoms with E-state index >= 15 is 0 Å². The highest BCUT2D eigenvalue weighted by Gasteiger charge is 2.17. The summed E-state index contributed by atoms with van der Waals surface area (Å²) in [4.78, 5) is 12.5. The van der Waals surface area contributed by atoms with Gasteiger partial charge in [0.15, 0.2) is 0 Å². The maximum absolute atomic E-state index is 12.5. The van der Waals surface area contributed by atoms with Gasteiger partial charge in [0.1, 0.15) is 11.8 Å². The number of hydrogen-bond acceptors (Lipinski definition) is 4. The van der Waals surface area contributed by atoms with Crippen LogP contribution < -0.4 is 15.5 Å². The van der Waals surface area contributed by atoms with E-state index in [4.69, 9.17) is 4.74 Å². The first kappa shape index (κ1) is 18.5. The molecule has 0 radical (unpaired) electrons. The van der Waals surface area contributed by atoms with Gasteiger partial charge in [0.05, 0.1) is 19.0 Å². The van der Waals surface area contributed by atoms with Gasteiger partial charge in [0.2, 0.25) is 0 Å². The Balaban J connectivity index is 1.69. The standard InChI is InChI=1S/C22H23N3O2/c1-3-19(24-20-13-6-7-14-21(20)27-2)22(26)25-23-15-17-11-8-10-16-9-4-5-12-18(16)17/h4-15,19,24H,3H2,1-2H3,(H,25,26)/b23-15+. The summed E-state index contributed by atoms with van der Waals surface area (Å²) in [5.41, 5.74) is 4.37. The lowest BCUT2D eigenvalue weighted by Gasteiger charge is -2.18. The topological polar surface area (TPSA) is 62.7 Å². The summed E-state index contributed by atoms with van der Waals surface area (Å²) >= 11 is 0. The smallest absolute Gasteiger partial charge is 0.262 e. The van der Waals surface area contributed by atoms with Crippen LogP contribution >= 0.6 is 0 Å². The van der Waals surface area contributed by atoms with E-state index in [0.29, 0.717) is 12.2 Å². The molecule has 27 heavy (non-hydrogen) atoms. The molecule has 0 saturated carbocycles. The summed E-state index contributed by atoms with van der Waals surface area (Å²) < 4.78 is 5.33. The predicted molar refractivity (Wildman–Crippen MR) is 110 cm³/mol. The van der Waals surface area contributed by atoms with Crippen molar-refractivity contribution in [3.63, 3.8) is 0 Å². The lowest BCUT2D eigenvalue weighted by Crippen LogP contribution is -2.37. The van der Waals surface area contributed by atoms with Crippen molar-refractivity contribution >= 4 is 28.6 Å². The second-order valence-corrected chi connectivity index (χ2v) is 6.11. The van der Waals surface area contributed by atoms with Gasteiger partial charge in [-0.15, -0.1) is 0 Å². The third kappa shape index (κ3) is 4.44. The molecule has 2 N–H and O–H groups in total. The quantitative estimate of drug-likeness (QED) is 0.490. The number of nitrogens with zero attached hydrogens (tertiary/aromatic N) is 1. The fourth-order valence-electron chi connectivity index (χ4n) is 2.91. The number of ether oxygens (including phenoxy) is 1. The van der Waals surface area contributed by atoms with Gasteiger partial charge < -0.3 is 10.1 Å². The minimum Gasteiger partial charge on any atom is -0.495 e. The van der Waals surface area contributed by atoms with E-state index in [0.717, 1.165) is 22.0 Å². The van der Waals surface area contributed by atoms with Crippen LogP contribution in [0.2, 0.25) is 0 Å². The van der Waals surface area contributed by atoms with Gasteiger partial charge >= 0.3 is 0 Å². The maximum atomic E-state index is 12.5. The van der Waals surface area contributed by atoms with Crippen LogP contribution in [0.3, 0.4) is 0 Å². The summed E-state index contributed by atoms with van der Waals surface area (Å²) in [6.45, 7) is 1.95. The second-order valence-electron chi connectivity index (χ2n) is 6.11. The molecular formula is C22H23N3O2. The Morgan fingerprint density at radius 1 is 1.07 bits per heavy atom. The van der Waals surface area contributed by atoms with E-state index < -0.39 is 6.04 Å². The highest BCUT2D eigenvalue weighted by atomic mass is 16.5. The van der Waals surface area contributed by atoms with Crippen molar-refractivity contribution in [3.8, 4) is 5.75 Å². The molecule has 5 heteroatoms. The third-order valence-electron chi connectivity index (χ3n) is 4.36. The summed E-state index contributed by atoms with van der Waals surface area (Å²) in [6.07, 6.45) is 2.30. The number of carbonyl (C=O) groups is 1. The highest BCUT2D eigenvalue weighted by molar-refractivity contribution is 6.00. The molecule has 3 aromatic rings. The van der Waals surface area contributed by atoms with Crippen molar-refractivity contribution in [2.45, 2.75) is 19.4 Å². The molecule has 0 fully saturated rings. The number of rotatable bonds is 7. The van der Waals surface area contributed by atoms with Crippen LogP contribution in [0.15, 0.2) is 71.8 Å². The van der Waals surface area contributed by atoms with E-state index in [2.05, 4.69) is 28.0 Å². The number of nitrogens with one attached hydrogen (secondary N) is 2. The molecular weight excluding hydrogens is 338 g/mol. The lowest BCUT2D eigenvalue weighted by atomic mass is 10.1. The van der Waals surface area contributed by atoms with Gasteiger partial charge in [-0.3, -0.25) is 4.79 Å². The Morgan fingerprint density at radius 3 is 2.63 bits per heavy atom. The van der Waals surface area contributed by atoms with Gasteiger partial charge in [0.25, 0.3) is 5.91 Å². The van der Waals surface area contributed by atoms with Crippen molar-refractivity contribution in [1.82, 2.24) is 5.43 Å². The molecule has 0 bridgehead atoms. The van der Waals surface area contributed by atoms with Crippen LogP contribution in [0.5, 0.6) is 5.75 Å². The van der Waals surface area contributed by atoms with E-state index in [1.54, 1.807) is 13.3 Å². The lowest BCUT2D eigenvalue weighted by molar-refractivity contribution is -0.121.